The third-order valence-electron chi connectivity index (χ3n) is 4.27. The van der Waals surface area contributed by atoms with Crippen LogP contribution in [0.5, 0.6) is 0 Å². The monoisotopic (exact) mass is 327 g/mol. The minimum atomic E-state index is -1.16. The van der Waals surface area contributed by atoms with Gasteiger partial charge in [-0.3, -0.25) is 9.59 Å². The zero-order valence-electron chi connectivity index (χ0n) is 13.8. The molecule has 2 rings (SSSR count). The first-order valence-electron chi connectivity index (χ1n) is 7.58. The van der Waals surface area contributed by atoms with Crippen LogP contribution in [0.3, 0.4) is 0 Å². The Hall–Kier alpha value is -1.92. The smallest absolute Gasteiger partial charge is 0.410 e. The molecule has 1 fully saturated rings. The molecule has 1 amide bonds. The number of hydrogen-bond acceptors (Lipinski definition) is 5. The number of carbonyl (C=O) groups excluding carboxylic acids is 3. The van der Waals surface area contributed by atoms with Crippen molar-refractivity contribution in [2.24, 2.45) is 11.3 Å². The highest BCUT2D eigenvalue weighted by Crippen LogP contribution is 2.48. The average Bonchev–Trinajstić information content (AvgIpc) is 2.68. The molecule has 6 nitrogen and oxygen atoms in total. The van der Waals surface area contributed by atoms with E-state index in [1.165, 1.54) is 18.1 Å². The summed E-state index contributed by atoms with van der Waals surface area (Å²) in [6, 6.07) is 0. The first-order chi connectivity index (χ1) is 10.6. The summed E-state index contributed by atoms with van der Waals surface area (Å²) in [7, 11) is 1.18. The number of methoxy groups -OCH3 is 1. The van der Waals surface area contributed by atoms with E-state index in [2.05, 4.69) is 4.74 Å². The average molecular weight is 327 g/mol. The van der Waals surface area contributed by atoms with E-state index in [1.54, 1.807) is 20.8 Å². The molecule has 0 aromatic heterocycles. The first kappa shape index (κ1) is 17.4. The van der Waals surface area contributed by atoms with Crippen molar-refractivity contribution in [3.63, 3.8) is 0 Å². The summed E-state index contributed by atoms with van der Waals surface area (Å²) in [5.74, 6) is -3.62. The summed E-state index contributed by atoms with van der Waals surface area (Å²) in [6.45, 7) is 5.91. The van der Waals surface area contributed by atoms with E-state index in [0.29, 0.717) is 25.9 Å². The van der Waals surface area contributed by atoms with Crippen molar-refractivity contribution >= 4 is 17.8 Å². The number of Topliss-reactive ketones (excluding diaryl/α,β-unsaturated/α-hetero) is 1. The Kier molecular flexibility index (Phi) is 4.50. The lowest BCUT2D eigenvalue weighted by Crippen LogP contribution is -2.48. The van der Waals surface area contributed by atoms with Gasteiger partial charge in [0.05, 0.1) is 7.11 Å². The Morgan fingerprint density at radius 3 is 2.35 bits per heavy atom. The molecule has 1 spiro atoms. The fraction of sp³-hybridized carbons (Fsp3) is 0.688. The molecule has 0 saturated carbocycles. The maximum atomic E-state index is 13.8. The number of ketones is 1. The number of allylic oxidation sites excluding steroid dienone is 2. The lowest BCUT2D eigenvalue weighted by atomic mass is 9.70. The number of ether oxygens (including phenoxy) is 2. The van der Waals surface area contributed by atoms with Crippen LogP contribution in [0.25, 0.3) is 0 Å². The van der Waals surface area contributed by atoms with Crippen molar-refractivity contribution in [3.8, 4) is 0 Å². The number of likely N-dealkylation sites (tertiary alicyclic amines) is 1. The molecular formula is C16H22FNO5. The zero-order chi connectivity index (χ0) is 17.4. The van der Waals surface area contributed by atoms with Gasteiger partial charge in [-0.2, -0.15) is 0 Å². The lowest BCUT2D eigenvalue weighted by molar-refractivity contribution is -0.153. The van der Waals surface area contributed by atoms with E-state index in [9.17, 15) is 18.8 Å². The Morgan fingerprint density at radius 1 is 1.30 bits per heavy atom. The molecule has 0 N–H and O–H groups in total. The van der Waals surface area contributed by atoms with E-state index in [4.69, 9.17) is 4.74 Å². The predicted molar refractivity (Wildman–Crippen MR) is 79.2 cm³/mol. The van der Waals surface area contributed by atoms with Gasteiger partial charge in [-0.05, 0) is 39.7 Å². The molecule has 0 aromatic rings. The van der Waals surface area contributed by atoms with E-state index < -0.39 is 40.6 Å². The van der Waals surface area contributed by atoms with Crippen LogP contribution in [-0.2, 0) is 19.1 Å². The fourth-order valence-corrected chi connectivity index (χ4v) is 3.13. The first-order valence-corrected chi connectivity index (χ1v) is 7.58. The van der Waals surface area contributed by atoms with Gasteiger partial charge in [0, 0.05) is 18.5 Å². The molecule has 1 aliphatic carbocycles. The highest BCUT2D eigenvalue weighted by Gasteiger charge is 2.54. The zero-order valence-corrected chi connectivity index (χ0v) is 13.8. The van der Waals surface area contributed by atoms with Crippen LogP contribution in [0.1, 0.15) is 33.6 Å². The number of esters is 1. The van der Waals surface area contributed by atoms with Gasteiger partial charge in [-0.1, -0.05) is 0 Å². The Bertz CT molecular complexity index is 555. The van der Waals surface area contributed by atoms with Gasteiger partial charge in [0.25, 0.3) is 0 Å². The molecule has 7 heteroatoms. The van der Waals surface area contributed by atoms with Crippen molar-refractivity contribution in [1.29, 1.82) is 0 Å². The predicted octanol–water partition coefficient (Wildman–Crippen LogP) is 2.23. The van der Waals surface area contributed by atoms with Gasteiger partial charge in [-0.15, -0.1) is 0 Å². The van der Waals surface area contributed by atoms with Crippen molar-refractivity contribution in [1.82, 2.24) is 4.90 Å². The molecule has 1 heterocycles. The second-order valence-electron chi connectivity index (χ2n) is 7.01. The molecule has 0 bridgehead atoms. The summed E-state index contributed by atoms with van der Waals surface area (Å²) in [6.07, 6.45) is 1.40. The van der Waals surface area contributed by atoms with Gasteiger partial charge in [0.15, 0.2) is 5.83 Å². The molecule has 1 unspecified atom stereocenters. The molecular weight excluding hydrogens is 305 g/mol. The number of hydrogen-bond donors (Lipinski definition) is 0. The molecule has 1 atom stereocenters. The van der Waals surface area contributed by atoms with Gasteiger partial charge >= 0.3 is 12.1 Å². The number of nitrogens with zero attached hydrogens (tertiary/aromatic N) is 1. The molecule has 0 aromatic carbocycles. The second-order valence-corrected chi connectivity index (χ2v) is 7.01. The van der Waals surface area contributed by atoms with Crippen LogP contribution in [0, 0.1) is 11.3 Å². The number of halogens is 1. The minimum absolute atomic E-state index is 0.291. The summed E-state index contributed by atoms with van der Waals surface area (Å²) < 4.78 is 23.7. The van der Waals surface area contributed by atoms with Gasteiger partial charge in [0.1, 0.15) is 11.5 Å². The second kappa shape index (κ2) is 5.94. The molecule has 128 valence electrons. The topological polar surface area (TPSA) is 72.9 Å². The number of amides is 1. The maximum Gasteiger partial charge on any atom is 0.410 e. The standard InChI is InChI=1S/C16H22FNO5/c1-15(2,3)23-14(21)18-7-5-16(6-8-18)9-10(17)12(19)11(16)13(20)22-4/h9,11H,5-8H2,1-4H3. The molecule has 2 aliphatic rings. The van der Waals surface area contributed by atoms with Gasteiger partial charge in [0.2, 0.25) is 5.78 Å². The Morgan fingerprint density at radius 2 is 1.87 bits per heavy atom. The van der Waals surface area contributed by atoms with Crippen molar-refractivity contribution in [2.75, 3.05) is 20.2 Å². The van der Waals surface area contributed by atoms with Crippen LogP contribution in [-0.4, -0.2) is 48.5 Å². The Balaban J connectivity index is 2.11. The van der Waals surface area contributed by atoms with Crippen LogP contribution in [0.15, 0.2) is 11.9 Å². The van der Waals surface area contributed by atoms with E-state index >= 15 is 0 Å². The molecule has 0 radical (unpaired) electrons. The third kappa shape index (κ3) is 3.38. The Labute approximate surface area is 134 Å². The highest BCUT2D eigenvalue weighted by atomic mass is 19.1. The van der Waals surface area contributed by atoms with Gasteiger partial charge < -0.3 is 14.4 Å². The highest BCUT2D eigenvalue weighted by molar-refractivity contribution is 6.10. The van der Waals surface area contributed by atoms with E-state index in [0.717, 1.165) is 0 Å². The van der Waals surface area contributed by atoms with Crippen molar-refractivity contribution in [3.05, 3.63) is 11.9 Å². The quantitative estimate of drug-likeness (QED) is 0.545. The molecule has 1 aliphatic heterocycles. The summed E-state index contributed by atoms with van der Waals surface area (Å²) in [5, 5.41) is 0. The van der Waals surface area contributed by atoms with E-state index in [-0.39, 0.29) is 0 Å². The van der Waals surface area contributed by atoms with Crippen LogP contribution in [0.2, 0.25) is 0 Å². The molecule has 23 heavy (non-hydrogen) atoms. The van der Waals surface area contributed by atoms with Crippen LogP contribution >= 0.6 is 0 Å². The normalized spacial score (nSPS) is 23.7. The SMILES string of the molecule is COC(=O)C1C(=O)C(F)=CC12CCN(C(=O)OC(C)(C)C)CC2. The summed E-state index contributed by atoms with van der Waals surface area (Å²) in [5.41, 5.74) is -1.51. The van der Waals surface area contributed by atoms with Crippen molar-refractivity contribution in [2.45, 2.75) is 39.2 Å². The van der Waals surface area contributed by atoms with Crippen LogP contribution < -0.4 is 0 Å². The van der Waals surface area contributed by atoms with Gasteiger partial charge in [-0.25, -0.2) is 9.18 Å². The fourth-order valence-electron chi connectivity index (χ4n) is 3.13. The lowest BCUT2D eigenvalue weighted by Gasteiger charge is -2.40. The largest absolute Gasteiger partial charge is 0.468 e. The summed E-state index contributed by atoms with van der Waals surface area (Å²) in [4.78, 5) is 37.4. The minimum Gasteiger partial charge on any atom is -0.468 e. The third-order valence-corrected chi connectivity index (χ3v) is 4.27. The molecule has 1 saturated heterocycles. The number of carbonyl (C=O) groups is 3. The van der Waals surface area contributed by atoms with E-state index in [1.807, 2.05) is 0 Å². The van der Waals surface area contributed by atoms with Crippen LogP contribution in [0.4, 0.5) is 9.18 Å². The maximum absolute atomic E-state index is 13.8. The number of rotatable bonds is 1. The number of piperidine rings is 1. The van der Waals surface area contributed by atoms with Crippen molar-refractivity contribution < 1.29 is 28.2 Å². The summed E-state index contributed by atoms with van der Waals surface area (Å²) >= 11 is 0.